The number of benzene rings is 2. The third-order valence-corrected chi connectivity index (χ3v) is 5.60. The highest BCUT2D eigenvalue weighted by atomic mass is 32.1. The monoisotopic (exact) mass is 360 g/mol. The zero-order valence-electron chi connectivity index (χ0n) is 15.0. The average molecular weight is 360 g/mol. The number of nitrogens with zero attached hydrogens (tertiary/aromatic N) is 1. The van der Waals surface area contributed by atoms with Crippen molar-refractivity contribution in [1.29, 1.82) is 0 Å². The van der Waals surface area contributed by atoms with Crippen LogP contribution in [0.4, 0.5) is 0 Å². The molecule has 0 saturated heterocycles. The van der Waals surface area contributed by atoms with E-state index in [9.17, 15) is 4.79 Å². The second-order valence-corrected chi connectivity index (χ2v) is 7.69. The molecule has 0 bridgehead atoms. The highest BCUT2D eigenvalue weighted by Gasteiger charge is 2.14. The zero-order chi connectivity index (χ0) is 18.3. The molecule has 0 radical (unpaired) electrons. The molecule has 0 aliphatic rings. The van der Waals surface area contributed by atoms with Crippen LogP contribution in [0.3, 0.4) is 0 Å². The Morgan fingerprint density at radius 2 is 1.73 bits per heavy atom. The van der Waals surface area contributed by atoms with Crippen molar-refractivity contribution in [2.45, 2.75) is 26.7 Å². The van der Waals surface area contributed by atoms with Gasteiger partial charge in [0, 0.05) is 16.5 Å². The fraction of sp³-hybridized carbons (Fsp3) is 0.182. The maximum atomic E-state index is 12.8. The molecule has 4 rings (SSSR count). The summed E-state index contributed by atoms with van der Waals surface area (Å²) in [4.78, 5) is 21.3. The van der Waals surface area contributed by atoms with Crippen molar-refractivity contribution >= 4 is 21.6 Å². The Morgan fingerprint density at radius 3 is 2.42 bits per heavy atom. The van der Waals surface area contributed by atoms with Crippen molar-refractivity contribution in [2.75, 3.05) is 0 Å². The van der Waals surface area contributed by atoms with E-state index in [1.54, 1.807) is 0 Å². The van der Waals surface area contributed by atoms with Gasteiger partial charge in [0.2, 0.25) is 0 Å². The van der Waals surface area contributed by atoms with Gasteiger partial charge < -0.3 is 4.98 Å². The zero-order valence-corrected chi connectivity index (χ0v) is 15.9. The number of aryl methyl sites for hydroxylation is 1. The van der Waals surface area contributed by atoms with Crippen LogP contribution in [0, 0.1) is 6.92 Å². The van der Waals surface area contributed by atoms with Gasteiger partial charge in [0.25, 0.3) is 5.56 Å². The van der Waals surface area contributed by atoms with Crippen LogP contribution < -0.4 is 5.56 Å². The second kappa shape index (κ2) is 6.54. The van der Waals surface area contributed by atoms with E-state index in [2.05, 4.69) is 43.1 Å². The van der Waals surface area contributed by atoms with Gasteiger partial charge in [0.15, 0.2) is 0 Å². The number of aromatic nitrogens is 2. The van der Waals surface area contributed by atoms with Crippen LogP contribution in [0.1, 0.15) is 30.9 Å². The van der Waals surface area contributed by atoms with Crippen molar-refractivity contribution in [1.82, 2.24) is 9.97 Å². The van der Waals surface area contributed by atoms with Gasteiger partial charge in [0.05, 0.1) is 5.39 Å². The van der Waals surface area contributed by atoms with Gasteiger partial charge >= 0.3 is 0 Å². The first-order valence-corrected chi connectivity index (χ1v) is 9.60. The second-order valence-electron chi connectivity index (χ2n) is 6.84. The fourth-order valence-corrected chi connectivity index (χ4v) is 4.12. The van der Waals surface area contributed by atoms with Crippen molar-refractivity contribution in [3.8, 4) is 22.5 Å². The molecule has 0 spiro atoms. The van der Waals surface area contributed by atoms with Crippen LogP contribution >= 0.6 is 11.3 Å². The first-order valence-electron chi connectivity index (χ1n) is 8.72. The van der Waals surface area contributed by atoms with Gasteiger partial charge in [0.1, 0.15) is 10.7 Å². The lowest BCUT2D eigenvalue weighted by Gasteiger charge is -2.07. The van der Waals surface area contributed by atoms with Gasteiger partial charge in [-0.3, -0.25) is 4.79 Å². The van der Waals surface area contributed by atoms with Crippen molar-refractivity contribution in [3.63, 3.8) is 0 Å². The van der Waals surface area contributed by atoms with Crippen LogP contribution in [0.2, 0.25) is 0 Å². The predicted octanol–water partition coefficient (Wildman–Crippen LogP) is 5.75. The number of fused-ring (bicyclic) bond motifs is 1. The van der Waals surface area contributed by atoms with Crippen molar-refractivity contribution in [3.05, 3.63) is 75.4 Å². The summed E-state index contributed by atoms with van der Waals surface area (Å²) in [6, 6.07) is 16.4. The summed E-state index contributed by atoms with van der Waals surface area (Å²) in [6.45, 7) is 6.38. The van der Waals surface area contributed by atoms with Crippen LogP contribution in [0.15, 0.2) is 58.7 Å². The third-order valence-electron chi connectivity index (χ3n) is 4.73. The average Bonchev–Trinajstić information content (AvgIpc) is 3.07. The molecule has 0 atom stereocenters. The maximum Gasteiger partial charge on any atom is 0.260 e. The van der Waals surface area contributed by atoms with Gasteiger partial charge in [-0.05, 0) is 29.5 Å². The van der Waals surface area contributed by atoms with Crippen LogP contribution in [0.5, 0.6) is 0 Å². The van der Waals surface area contributed by atoms with E-state index in [-0.39, 0.29) is 5.56 Å². The van der Waals surface area contributed by atoms with E-state index in [4.69, 9.17) is 4.98 Å². The molecule has 26 heavy (non-hydrogen) atoms. The number of hydrogen-bond donors (Lipinski definition) is 1. The summed E-state index contributed by atoms with van der Waals surface area (Å²) >= 11 is 1.52. The summed E-state index contributed by atoms with van der Waals surface area (Å²) < 4.78 is 0. The largest absolute Gasteiger partial charge is 0.306 e. The van der Waals surface area contributed by atoms with Gasteiger partial charge in [-0.25, -0.2) is 4.98 Å². The molecule has 2 aromatic heterocycles. The van der Waals surface area contributed by atoms with Crippen molar-refractivity contribution < 1.29 is 0 Å². The van der Waals surface area contributed by atoms with E-state index >= 15 is 0 Å². The van der Waals surface area contributed by atoms with Crippen LogP contribution in [-0.2, 0) is 0 Å². The van der Waals surface area contributed by atoms with E-state index < -0.39 is 0 Å². The summed E-state index contributed by atoms with van der Waals surface area (Å²) in [5, 5.41) is 2.70. The number of aromatic amines is 1. The highest BCUT2D eigenvalue weighted by molar-refractivity contribution is 7.17. The van der Waals surface area contributed by atoms with Gasteiger partial charge in [-0.15, -0.1) is 11.3 Å². The van der Waals surface area contributed by atoms with Crippen LogP contribution in [0.25, 0.3) is 32.7 Å². The molecule has 3 nitrogen and oxygen atoms in total. The summed E-state index contributed by atoms with van der Waals surface area (Å²) in [6.07, 6.45) is 0. The molecule has 4 aromatic rings. The Kier molecular flexibility index (Phi) is 4.21. The number of hydrogen-bond acceptors (Lipinski definition) is 3. The van der Waals surface area contributed by atoms with Crippen LogP contribution in [-0.4, -0.2) is 9.97 Å². The maximum absolute atomic E-state index is 12.8. The normalized spacial score (nSPS) is 11.4. The standard InChI is InChI=1S/C22H20N2OS/c1-13(2)15-8-10-16(11-9-15)18-12-26-22-19(18)21(25)23-20(24-22)17-7-5-4-6-14(17)3/h4-13H,1-3H3,(H,23,24,25). The Morgan fingerprint density at radius 1 is 1.00 bits per heavy atom. The molecule has 0 saturated carbocycles. The molecule has 130 valence electrons. The Bertz CT molecular complexity index is 1140. The lowest BCUT2D eigenvalue weighted by atomic mass is 9.99. The molecular weight excluding hydrogens is 340 g/mol. The Balaban J connectivity index is 1.85. The molecule has 0 amide bonds. The molecule has 4 heteroatoms. The topological polar surface area (TPSA) is 45.8 Å². The number of nitrogens with one attached hydrogen (secondary N) is 1. The van der Waals surface area contributed by atoms with Gasteiger partial charge in [-0.2, -0.15) is 0 Å². The SMILES string of the molecule is Cc1ccccc1-c1nc2scc(-c3ccc(C(C)C)cc3)c2c(=O)[nH]1. The molecule has 0 aliphatic carbocycles. The van der Waals surface area contributed by atoms with E-state index in [1.165, 1.54) is 16.9 Å². The van der Waals surface area contributed by atoms with E-state index in [1.807, 2.05) is 36.6 Å². The Labute approximate surface area is 156 Å². The third kappa shape index (κ3) is 2.86. The minimum atomic E-state index is -0.0857. The first-order chi connectivity index (χ1) is 12.5. The van der Waals surface area contributed by atoms with E-state index in [0.29, 0.717) is 17.1 Å². The summed E-state index contributed by atoms with van der Waals surface area (Å²) in [7, 11) is 0. The molecule has 0 fully saturated rings. The smallest absolute Gasteiger partial charge is 0.260 e. The molecular formula is C22H20N2OS. The lowest BCUT2D eigenvalue weighted by Crippen LogP contribution is -2.09. The molecule has 0 unspecified atom stereocenters. The highest BCUT2D eigenvalue weighted by Crippen LogP contribution is 2.32. The van der Waals surface area contributed by atoms with Crippen molar-refractivity contribution in [2.24, 2.45) is 0 Å². The lowest BCUT2D eigenvalue weighted by molar-refractivity contribution is 0.867. The molecule has 2 aromatic carbocycles. The van der Waals surface area contributed by atoms with Gasteiger partial charge in [-0.1, -0.05) is 62.4 Å². The molecule has 2 heterocycles. The van der Waals surface area contributed by atoms with E-state index in [0.717, 1.165) is 27.1 Å². The quantitative estimate of drug-likeness (QED) is 0.505. The molecule has 1 N–H and O–H groups in total. The fourth-order valence-electron chi connectivity index (χ4n) is 3.18. The first kappa shape index (κ1) is 16.7. The number of thiophene rings is 1. The summed E-state index contributed by atoms with van der Waals surface area (Å²) in [5.41, 5.74) is 5.26. The minimum absolute atomic E-state index is 0.0857. The summed E-state index contributed by atoms with van der Waals surface area (Å²) in [5.74, 6) is 1.12. The minimum Gasteiger partial charge on any atom is -0.306 e. The number of rotatable bonds is 3. The Hall–Kier alpha value is -2.72. The number of H-pyrrole nitrogens is 1. The predicted molar refractivity (Wildman–Crippen MR) is 110 cm³/mol. The molecule has 0 aliphatic heterocycles.